The number of nitrogens with one attached hydrogen (secondary N) is 1. The number of carbonyl (C=O) groups excluding carboxylic acids is 1. The second kappa shape index (κ2) is 10.7. The molecule has 0 spiro atoms. The van der Waals surface area contributed by atoms with Crippen molar-refractivity contribution < 1.29 is 13.9 Å². The van der Waals surface area contributed by atoms with Crippen LogP contribution >= 0.6 is 23.4 Å². The molecule has 1 amide bonds. The van der Waals surface area contributed by atoms with E-state index in [1.165, 1.54) is 23.9 Å². The number of ether oxygens (including phenoxy) is 1. The molecule has 1 aliphatic rings. The number of fused-ring (bicyclic) bond motifs is 1. The third-order valence-corrected chi connectivity index (χ3v) is 6.88. The highest BCUT2D eigenvalue weighted by atomic mass is 35.5. The molecule has 174 valence electrons. The van der Waals surface area contributed by atoms with Gasteiger partial charge in [0.1, 0.15) is 5.82 Å². The Balaban J connectivity index is 1.71. The summed E-state index contributed by atoms with van der Waals surface area (Å²) in [6.45, 7) is 3.65. The van der Waals surface area contributed by atoms with Gasteiger partial charge in [0.25, 0.3) is 11.5 Å². The zero-order valence-electron chi connectivity index (χ0n) is 18.3. The molecule has 1 N–H and O–H groups in total. The second-order valence-corrected chi connectivity index (χ2v) is 9.31. The maximum atomic E-state index is 13.4. The minimum atomic E-state index is -0.401. The van der Waals surface area contributed by atoms with Crippen molar-refractivity contribution in [2.45, 2.75) is 49.7 Å². The predicted octanol–water partition coefficient (Wildman–Crippen LogP) is 4.80. The quantitative estimate of drug-likeness (QED) is 0.363. The third-order valence-electron chi connectivity index (χ3n) is 5.50. The summed E-state index contributed by atoms with van der Waals surface area (Å²) in [5.41, 5.74) is 1.48. The van der Waals surface area contributed by atoms with Crippen molar-refractivity contribution >= 4 is 40.2 Å². The van der Waals surface area contributed by atoms with Crippen LogP contribution in [0, 0.1) is 5.82 Å². The first-order chi connectivity index (χ1) is 16.0. The van der Waals surface area contributed by atoms with Crippen LogP contribution in [0.25, 0.3) is 10.9 Å². The van der Waals surface area contributed by atoms with Gasteiger partial charge in [-0.05, 0) is 55.2 Å². The molecular weight excluding hydrogens is 465 g/mol. The zero-order valence-corrected chi connectivity index (χ0v) is 19.8. The number of halogens is 2. The molecule has 0 radical (unpaired) electrons. The van der Waals surface area contributed by atoms with E-state index < -0.39 is 5.82 Å². The minimum Gasteiger partial charge on any atom is -0.376 e. The summed E-state index contributed by atoms with van der Waals surface area (Å²) in [7, 11) is 0. The maximum absolute atomic E-state index is 13.4. The van der Waals surface area contributed by atoms with Crippen LogP contribution in [0.1, 0.15) is 42.1 Å². The Morgan fingerprint density at radius 3 is 2.91 bits per heavy atom. The minimum absolute atomic E-state index is 0.0465. The maximum Gasteiger partial charge on any atom is 0.262 e. The highest BCUT2D eigenvalue weighted by molar-refractivity contribution is 7.98. The van der Waals surface area contributed by atoms with E-state index in [1.807, 2.05) is 6.92 Å². The number of aromatic nitrogens is 2. The summed E-state index contributed by atoms with van der Waals surface area (Å²) in [5.74, 6) is -0.183. The van der Waals surface area contributed by atoms with Gasteiger partial charge in [-0.1, -0.05) is 36.4 Å². The third kappa shape index (κ3) is 5.57. The number of hydrogen-bond acceptors (Lipinski definition) is 5. The normalized spacial score (nSPS) is 15.8. The number of thioether (sulfide) groups is 1. The Morgan fingerprint density at radius 1 is 1.33 bits per heavy atom. The summed E-state index contributed by atoms with van der Waals surface area (Å²) >= 11 is 7.54. The van der Waals surface area contributed by atoms with Crippen LogP contribution in [-0.4, -0.2) is 34.7 Å². The average Bonchev–Trinajstić information content (AvgIpc) is 3.32. The van der Waals surface area contributed by atoms with Crippen molar-refractivity contribution in [3.63, 3.8) is 0 Å². The number of amides is 1. The molecule has 0 saturated carbocycles. The molecule has 4 rings (SSSR count). The van der Waals surface area contributed by atoms with Crippen molar-refractivity contribution in [3.05, 3.63) is 68.7 Å². The smallest absolute Gasteiger partial charge is 0.262 e. The van der Waals surface area contributed by atoms with Crippen molar-refractivity contribution in [1.82, 2.24) is 14.9 Å². The summed E-state index contributed by atoms with van der Waals surface area (Å²) in [6, 6.07) is 9.21. The number of hydrogen-bond donors (Lipinski definition) is 1. The van der Waals surface area contributed by atoms with E-state index in [-0.39, 0.29) is 17.6 Å². The number of carbonyl (C=O) groups is 1. The van der Waals surface area contributed by atoms with E-state index in [9.17, 15) is 14.0 Å². The van der Waals surface area contributed by atoms with Gasteiger partial charge in [-0.3, -0.25) is 14.2 Å². The molecule has 9 heteroatoms. The summed E-state index contributed by atoms with van der Waals surface area (Å²) in [6.07, 6.45) is 2.63. The Labute approximate surface area is 200 Å². The van der Waals surface area contributed by atoms with Gasteiger partial charge in [0.15, 0.2) is 5.16 Å². The van der Waals surface area contributed by atoms with Gasteiger partial charge in [0, 0.05) is 29.5 Å². The number of rotatable bonds is 8. The first-order valence-corrected chi connectivity index (χ1v) is 12.3. The lowest BCUT2D eigenvalue weighted by molar-refractivity contribution is 0.0937. The fourth-order valence-electron chi connectivity index (χ4n) is 3.73. The van der Waals surface area contributed by atoms with E-state index in [1.54, 1.807) is 28.8 Å². The van der Waals surface area contributed by atoms with Crippen LogP contribution in [0.5, 0.6) is 0 Å². The van der Waals surface area contributed by atoms with E-state index in [0.29, 0.717) is 52.1 Å². The Bertz CT molecular complexity index is 1230. The van der Waals surface area contributed by atoms with Gasteiger partial charge >= 0.3 is 0 Å². The van der Waals surface area contributed by atoms with Gasteiger partial charge in [0.05, 0.1) is 23.6 Å². The first-order valence-electron chi connectivity index (χ1n) is 11.0. The Hall–Kier alpha value is -2.42. The monoisotopic (exact) mass is 489 g/mol. The molecule has 2 aromatic carbocycles. The fraction of sp³-hybridized carbons (Fsp3) is 0.375. The topological polar surface area (TPSA) is 73.2 Å². The van der Waals surface area contributed by atoms with E-state index in [2.05, 4.69) is 5.32 Å². The van der Waals surface area contributed by atoms with E-state index in [4.69, 9.17) is 21.3 Å². The lowest BCUT2D eigenvalue weighted by Gasteiger charge is -2.17. The molecule has 33 heavy (non-hydrogen) atoms. The predicted molar refractivity (Wildman–Crippen MR) is 129 cm³/mol. The van der Waals surface area contributed by atoms with Gasteiger partial charge in [-0.25, -0.2) is 9.37 Å². The molecule has 0 aliphatic carbocycles. The standard InChI is InChI=1S/C24H25ClFN3O3S/c1-2-9-27-22(30)15-6-8-19-21(11-15)28-24(29(23(19)31)13-18-4-3-10-32-18)33-14-16-5-7-17(26)12-20(16)25/h5-8,11-12,18H,2-4,9-10,13-14H2,1H3,(H,27,30)/t18-/m1/s1. The van der Waals surface area contributed by atoms with Gasteiger partial charge in [-0.15, -0.1) is 0 Å². The molecule has 1 aliphatic heterocycles. The fourth-order valence-corrected chi connectivity index (χ4v) is 5.05. The van der Waals surface area contributed by atoms with E-state index in [0.717, 1.165) is 24.8 Å². The van der Waals surface area contributed by atoms with Gasteiger partial charge in [0.2, 0.25) is 0 Å². The van der Waals surface area contributed by atoms with Crippen LogP contribution in [0.15, 0.2) is 46.3 Å². The highest BCUT2D eigenvalue weighted by Crippen LogP contribution is 2.28. The highest BCUT2D eigenvalue weighted by Gasteiger charge is 2.21. The van der Waals surface area contributed by atoms with Crippen molar-refractivity contribution in [3.8, 4) is 0 Å². The summed E-state index contributed by atoms with van der Waals surface area (Å²) in [5, 5.41) is 4.12. The number of nitrogens with zero attached hydrogens (tertiary/aromatic N) is 2. The van der Waals surface area contributed by atoms with Gasteiger partial charge in [-0.2, -0.15) is 0 Å². The molecule has 1 fully saturated rings. The van der Waals surface area contributed by atoms with Crippen molar-refractivity contribution in [2.24, 2.45) is 0 Å². The van der Waals surface area contributed by atoms with Crippen molar-refractivity contribution in [2.75, 3.05) is 13.2 Å². The lowest BCUT2D eigenvalue weighted by atomic mass is 10.1. The van der Waals surface area contributed by atoms with Gasteiger partial charge < -0.3 is 10.1 Å². The van der Waals surface area contributed by atoms with Crippen LogP contribution in [-0.2, 0) is 17.0 Å². The summed E-state index contributed by atoms with van der Waals surface area (Å²) < 4.78 is 20.8. The van der Waals surface area contributed by atoms with Crippen LogP contribution in [0.4, 0.5) is 4.39 Å². The molecule has 1 saturated heterocycles. The first kappa shape index (κ1) is 23.7. The van der Waals surface area contributed by atoms with Crippen molar-refractivity contribution in [1.29, 1.82) is 0 Å². The molecule has 3 aromatic rings. The number of benzene rings is 2. The molecule has 0 unspecified atom stereocenters. The van der Waals surface area contributed by atoms with E-state index >= 15 is 0 Å². The van der Waals surface area contributed by atoms with Crippen LogP contribution in [0.2, 0.25) is 5.02 Å². The van der Waals surface area contributed by atoms with Crippen LogP contribution < -0.4 is 10.9 Å². The Kier molecular flexibility index (Phi) is 7.67. The SMILES string of the molecule is CCCNC(=O)c1ccc2c(=O)n(C[C@H]3CCCO3)c(SCc3ccc(F)cc3Cl)nc2c1. The average molecular weight is 490 g/mol. The molecule has 1 atom stereocenters. The molecule has 6 nitrogen and oxygen atoms in total. The lowest BCUT2D eigenvalue weighted by Crippen LogP contribution is -2.29. The summed E-state index contributed by atoms with van der Waals surface area (Å²) in [4.78, 5) is 30.5. The van der Waals surface area contributed by atoms with Crippen LogP contribution in [0.3, 0.4) is 0 Å². The largest absolute Gasteiger partial charge is 0.376 e. The molecule has 1 aromatic heterocycles. The molecule has 0 bridgehead atoms. The zero-order chi connectivity index (χ0) is 23.4. The Morgan fingerprint density at radius 2 is 2.18 bits per heavy atom. The molecular formula is C24H25ClFN3O3S. The second-order valence-electron chi connectivity index (χ2n) is 7.96. The molecule has 2 heterocycles.